The van der Waals surface area contributed by atoms with Gasteiger partial charge in [0.2, 0.25) is 0 Å². The van der Waals surface area contributed by atoms with Crippen molar-refractivity contribution in [3.05, 3.63) is 75.9 Å². The SMILES string of the molecule is O=C(Nc1scc(-c2ccc(Cl)cc2)c1C(=O)O)c1ccccc1F. The van der Waals surface area contributed by atoms with Gasteiger partial charge in [0.15, 0.2) is 0 Å². The molecule has 126 valence electrons. The van der Waals surface area contributed by atoms with Crippen molar-refractivity contribution < 1.29 is 19.1 Å². The van der Waals surface area contributed by atoms with Crippen LogP contribution >= 0.6 is 22.9 Å². The van der Waals surface area contributed by atoms with Crippen molar-refractivity contribution in [2.75, 3.05) is 5.32 Å². The number of halogens is 2. The van der Waals surface area contributed by atoms with Crippen molar-refractivity contribution in [2.24, 2.45) is 0 Å². The molecule has 3 aromatic rings. The van der Waals surface area contributed by atoms with Gasteiger partial charge in [-0.1, -0.05) is 35.9 Å². The number of rotatable bonds is 4. The molecule has 0 unspecified atom stereocenters. The molecule has 1 aromatic heterocycles. The standard InChI is InChI=1S/C18H11ClFNO3S/c19-11-7-5-10(6-8-11)13-9-25-17(15(13)18(23)24)21-16(22)12-3-1-2-4-14(12)20/h1-9H,(H,21,22)(H,23,24). The number of benzene rings is 2. The summed E-state index contributed by atoms with van der Waals surface area (Å²) in [4.78, 5) is 23.9. The van der Waals surface area contributed by atoms with E-state index in [1.54, 1.807) is 29.6 Å². The zero-order valence-electron chi connectivity index (χ0n) is 12.6. The fourth-order valence-corrected chi connectivity index (χ4v) is 3.40. The highest BCUT2D eigenvalue weighted by Gasteiger charge is 2.22. The van der Waals surface area contributed by atoms with Gasteiger partial charge in [0.05, 0.1) is 5.56 Å². The smallest absolute Gasteiger partial charge is 0.339 e. The molecule has 0 aliphatic heterocycles. The number of aromatic carboxylic acids is 1. The Kier molecular flexibility index (Phi) is 4.83. The Hall–Kier alpha value is -2.70. The van der Waals surface area contributed by atoms with Crippen LogP contribution in [0.15, 0.2) is 53.9 Å². The van der Waals surface area contributed by atoms with Crippen molar-refractivity contribution in [1.82, 2.24) is 0 Å². The van der Waals surface area contributed by atoms with E-state index in [1.165, 1.54) is 24.3 Å². The molecular weight excluding hydrogens is 365 g/mol. The number of nitrogens with one attached hydrogen (secondary N) is 1. The lowest BCUT2D eigenvalue weighted by Gasteiger charge is -2.07. The first-order valence-electron chi connectivity index (χ1n) is 7.14. The Bertz CT molecular complexity index is 953. The molecule has 2 N–H and O–H groups in total. The first-order chi connectivity index (χ1) is 12.0. The Labute approximate surface area is 151 Å². The number of hydrogen-bond acceptors (Lipinski definition) is 3. The van der Waals surface area contributed by atoms with E-state index >= 15 is 0 Å². The summed E-state index contributed by atoms with van der Waals surface area (Å²) >= 11 is 6.92. The monoisotopic (exact) mass is 375 g/mol. The van der Waals surface area contributed by atoms with Crippen LogP contribution in [0, 0.1) is 5.82 Å². The average Bonchev–Trinajstić information content (AvgIpc) is 2.99. The summed E-state index contributed by atoms with van der Waals surface area (Å²) in [5.41, 5.74) is 0.916. The molecule has 25 heavy (non-hydrogen) atoms. The molecule has 7 heteroatoms. The molecule has 3 rings (SSSR count). The molecule has 4 nitrogen and oxygen atoms in total. The number of carbonyl (C=O) groups is 2. The van der Waals surface area contributed by atoms with Crippen LogP contribution in [-0.2, 0) is 0 Å². The van der Waals surface area contributed by atoms with Crippen molar-refractivity contribution in [3.63, 3.8) is 0 Å². The van der Waals surface area contributed by atoms with E-state index in [2.05, 4.69) is 5.32 Å². The van der Waals surface area contributed by atoms with Gasteiger partial charge >= 0.3 is 5.97 Å². The highest BCUT2D eigenvalue weighted by atomic mass is 35.5. The largest absolute Gasteiger partial charge is 0.478 e. The van der Waals surface area contributed by atoms with Gasteiger partial charge < -0.3 is 10.4 Å². The number of carboxylic acids is 1. The van der Waals surface area contributed by atoms with Gasteiger partial charge in [-0.15, -0.1) is 11.3 Å². The molecule has 0 radical (unpaired) electrons. The van der Waals surface area contributed by atoms with Crippen LogP contribution in [0.3, 0.4) is 0 Å². The Morgan fingerprint density at radius 2 is 1.76 bits per heavy atom. The lowest BCUT2D eigenvalue weighted by atomic mass is 10.0. The molecular formula is C18H11ClFNO3S. The van der Waals surface area contributed by atoms with Crippen LogP contribution in [0.5, 0.6) is 0 Å². The highest BCUT2D eigenvalue weighted by Crippen LogP contribution is 2.36. The van der Waals surface area contributed by atoms with Gasteiger partial charge in [0.25, 0.3) is 5.91 Å². The first-order valence-corrected chi connectivity index (χ1v) is 8.39. The predicted molar refractivity (Wildman–Crippen MR) is 96.1 cm³/mol. The van der Waals surface area contributed by atoms with E-state index < -0.39 is 17.7 Å². The summed E-state index contributed by atoms with van der Waals surface area (Å²) in [6, 6.07) is 12.2. The van der Waals surface area contributed by atoms with Crippen molar-refractivity contribution in [3.8, 4) is 11.1 Å². The lowest BCUT2D eigenvalue weighted by molar-refractivity contribution is 0.0699. The van der Waals surface area contributed by atoms with Crippen molar-refractivity contribution in [2.45, 2.75) is 0 Å². The van der Waals surface area contributed by atoms with Gasteiger partial charge in [0.1, 0.15) is 16.4 Å². The molecule has 0 saturated heterocycles. The summed E-state index contributed by atoms with van der Waals surface area (Å²) in [5.74, 6) is -2.56. The second kappa shape index (κ2) is 7.04. The molecule has 2 aromatic carbocycles. The number of anilines is 1. The summed E-state index contributed by atoms with van der Waals surface area (Å²) in [6.45, 7) is 0. The van der Waals surface area contributed by atoms with E-state index in [1.807, 2.05) is 0 Å². The third kappa shape index (κ3) is 3.55. The quantitative estimate of drug-likeness (QED) is 0.662. The fraction of sp³-hybridized carbons (Fsp3) is 0. The molecule has 0 fully saturated rings. The normalized spacial score (nSPS) is 10.5. The van der Waals surface area contributed by atoms with Crippen LogP contribution in [0.1, 0.15) is 20.7 Å². The second-order valence-corrected chi connectivity index (χ2v) is 6.42. The maximum atomic E-state index is 13.7. The minimum Gasteiger partial charge on any atom is -0.478 e. The summed E-state index contributed by atoms with van der Waals surface area (Å²) in [5, 5.41) is 14.3. The van der Waals surface area contributed by atoms with E-state index in [4.69, 9.17) is 11.6 Å². The van der Waals surface area contributed by atoms with Crippen LogP contribution in [0.25, 0.3) is 11.1 Å². The molecule has 0 aliphatic carbocycles. The molecule has 0 saturated carbocycles. The second-order valence-electron chi connectivity index (χ2n) is 5.10. The summed E-state index contributed by atoms with van der Waals surface area (Å²) < 4.78 is 13.7. The molecule has 0 spiro atoms. The zero-order chi connectivity index (χ0) is 18.0. The maximum Gasteiger partial charge on any atom is 0.339 e. The van der Waals surface area contributed by atoms with Crippen molar-refractivity contribution >= 4 is 39.8 Å². The maximum absolute atomic E-state index is 13.7. The number of thiophene rings is 1. The molecule has 1 amide bonds. The lowest BCUT2D eigenvalue weighted by Crippen LogP contribution is -2.15. The third-order valence-electron chi connectivity index (χ3n) is 3.51. The summed E-state index contributed by atoms with van der Waals surface area (Å²) in [6.07, 6.45) is 0. The first kappa shape index (κ1) is 17.1. The van der Waals surface area contributed by atoms with Gasteiger partial charge in [-0.2, -0.15) is 0 Å². The van der Waals surface area contributed by atoms with E-state index in [-0.39, 0.29) is 16.1 Å². The van der Waals surface area contributed by atoms with E-state index in [0.29, 0.717) is 16.1 Å². The molecule has 1 heterocycles. The molecule has 0 atom stereocenters. The number of carbonyl (C=O) groups excluding carboxylic acids is 1. The van der Waals surface area contributed by atoms with E-state index in [9.17, 15) is 19.1 Å². The van der Waals surface area contributed by atoms with Gasteiger partial charge in [-0.3, -0.25) is 4.79 Å². The zero-order valence-corrected chi connectivity index (χ0v) is 14.2. The van der Waals surface area contributed by atoms with Crippen LogP contribution in [0.2, 0.25) is 5.02 Å². The van der Waals surface area contributed by atoms with Gasteiger partial charge in [-0.05, 0) is 29.8 Å². The van der Waals surface area contributed by atoms with Crippen LogP contribution in [0.4, 0.5) is 9.39 Å². The Balaban J connectivity index is 1.98. The minimum absolute atomic E-state index is 0.0444. The van der Waals surface area contributed by atoms with Gasteiger partial charge in [0, 0.05) is 16.0 Å². The fourth-order valence-electron chi connectivity index (χ4n) is 2.32. The van der Waals surface area contributed by atoms with Crippen LogP contribution in [-0.4, -0.2) is 17.0 Å². The predicted octanol–water partition coefficient (Wildman–Crippen LogP) is 5.16. The highest BCUT2D eigenvalue weighted by molar-refractivity contribution is 7.15. The van der Waals surface area contributed by atoms with E-state index in [0.717, 1.165) is 11.3 Å². The Morgan fingerprint density at radius 1 is 1.08 bits per heavy atom. The third-order valence-corrected chi connectivity index (χ3v) is 4.65. The Morgan fingerprint density at radius 3 is 2.40 bits per heavy atom. The topological polar surface area (TPSA) is 66.4 Å². The minimum atomic E-state index is -1.19. The molecule has 0 bridgehead atoms. The van der Waals surface area contributed by atoms with Crippen molar-refractivity contribution in [1.29, 1.82) is 0 Å². The number of carboxylic acid groups (broad SMARTS) is 1. The molecule has 0 aliphatic rings. The number of hydrogen-bond donors (Lipinski definition) is 2. The van der Waals surface area contributed by atoms with Crippen LogP contribution < -0.4 is 5.32 Å². The summed E-state index contributed by atoms with van der Waals surface area (Å²) in [7, 11) is 0. The number of amides is 1. The average molecular weight is 376 g/mol. The van der Waals surface area contributed by atoms with Gasteiger partial charge in [-0.25, -0.2) is 9.18 Å².